The lowest BCUT2D eigenvalue weighted by molar-refractivity contribution is -0.114. The number of hydrogen-bond acceptors (Lipinski definition) is 2. The molecular formula is C17H22N2O2. The molecule has 2 amide bonds. The molecule has 0 aliphatic carbocycles. The second kappa shape index (κ2) is 6.57. The molecule has 1 N–H and O–H groups in total. The molecule has 0 bridgehead atoms. The molecule has 0 radical (unpaired) electrons. The van der Waals surface area contributed by atoms with Gasteiger partial charge in [-0.2, -0.15) is 0 Å². The molecular weight excluding hydrogens is 264 g/mol. The van der Waals surface area contributed by atoms with Crippen molar-refractivity contribution in [3.63, 3.8) is 0 Å². The SMILES string of the molecule is CCN1C(=O)N[C@@H](CCc2ccccc2)C(C(C)=O)=C1C. The van der Waals surface area contributed by atoms with E-state index in [2.05, 4.69) is 17.4 Å². The van der Waals surface area contributed by atoms with E-state index in [4.69, 9.17) is 0 Å². The minimum absolute atomic E-state index is 0.0315. The maximum absolute atomic E-state index is 12.1. The van der Waals surface area contributed by atoms with Gasteiger partial charge in [0.15, 0.2) is 5.78 Å². The molecule has 1 aromatic rings. The van der Waals surface area contributed by atoms with E-state index < -0.39 is 0 Å². The van der Waals surface area contributed by atoms with Gasteiger partial charge in [-0.25, -0.2) is 4.79 Å². The van der Waals surface area contributed by atoms with Crippen molar-refractivity contribution in [1.82, 2.24) is 10.2 Å². The highest BCUT2D eigenvalue weighted by molar-refractivity contribution is 5.98. The Morgan fingerprint density at radius 3 is 2.52 bits per heavy atom. The van der Waals surface area contributed by atoms with Crippen LogP contribution in [0.25, 0.3) is 0 Å². The molecule has 1 atom stereocenters. The van der Waals surface area contributed by atoms with Crippen molar-refractivity contribution in [3.05, 3.63) is 47.2 Å². The molecule has 112 valence electrons. The standard InChI is InChI=1S/C17H22N2O2/c1-4-19-12(2)16(13(3)20)15(18-17(19)21)11-10-14-8-6-5-7-9-14/h5-9,15H,4,10-11H2,1-3H3,(H,18,21)/t15-/m0/s1. The van der Waals surface area contributed by atoms with Crippen LogP contribution in [0.3, 0.4) is 0 Å². The number of benzene rings is 1. The zero-order chi connectivity index (χ0) is 15.4. The molecule has 1 aliphatic heterocycles. The molecule has 1 aromatic carbocycles. The first kappa shape index (κ1) is 15.3. The quantitative estimate of drug-likeness (QED) is 0.904. The largest absolute Gasteiger partial charge is 0.331 e. The Labute approximate surface area is 125 Å². The number of rotatable bonds is 5. The fourth-order valence-electron chi connectivity index (χ4n) is 2.90. The van der Waals surface area contributed by atoms with E-state index in [0.717, 1.165) is 24.1 Å². The summed E-state index contributed by atoms with van der Waals surface area (Å²) in [7, 11) is 0. The van der Waals surface area contributed by atoms with Gasteiger partial charge in [-0.1, -0.05) is 30.3 Å². The predicted octanol–water partition coefficient (Wildman–Crippen LogP) is 2.90. The Hall–Kier alpha value is -2.10. The van der Waals surface area contributed by atoms with Gasteiger partial charge < -0.3 is 5.32 Å². The smallest absolute Gasteiger partial charge is 0.322 e. The average Bonchev–Trinajstić information content (AvgIpc) is 2.45. The van der Waals surface area contributed by atoms with Crippen molar-refractivity contribution in [2.45, 2.75) is 39.7 Å². The Balaban J connectivity index is 2.19. The number of hydrogen-bond donors (Lipinski definition) is 1. The van der Waals surface area contributed by atoms with Gasteiger partial charge in [0.25, 0.3) is 0 Å². The summed E-state index contributed by atoms with van der Waals surface area (Å²) < 4.78 is 0. The normalized spacial score (nSPS) is 18.7. The second-order valence-electron chi connectivity index (χ2n) is 5.33. The van der Waals surface area contributed by atoms with Gasteiger partial charge in [-0.3, -0.25) is 9.69 Å². The number of allylic oxidation sites excluding steroid dienone is 1. The summed E-state index contributed by atoms with van der Waals surface area (Å²) in [5.41, 5.74) is 2.73. The highest BCUT2D eigenvalue weighted by Gasteiger charge is 2.31. The monoisotopic (exact) mass is 286 g/mol. The first-order chi connectivity index (χ1) is 10.0. The summed E-state index contributed by atoms with van der Waals surface area (Å²) in [5.74, 6) is 0.0315. The summed E-state index contributed by atoms with van der Waals surface area (Å²) in [6.45, 7) is 5.90. The van der Waals surface area contributed by atoms with Crippen molar-refractivity contribution < 1.29 is 9.59 Å². The molecule has 0 saturated carbocycles. The Morgan fingerprint density at radius 1 is 1.29 bits per heavy atom. The molecule has 0 saturated heterocycles. The molecule has 0 unspecified atom stereocenters. The van der Waals surface area contributed by atoms with E-state index in [9.17, 15) is 9.59 Å². The zero-order valence-electron chi connectivity index (χ0n) is 12.8. The molecule has 0 aromatic heterocycles. The van der Waals surface area contributed by atoms with E-state index in [1.54, 1.807) is 11.8 Å². The third kappa shape index (κ3) is 3.32. The van der Waals surface area contributed by atoms with Crippen LogP contribution in [0.15, 0.2) is 41.6 Å². The van der Waals surface area contributed by atoms with Gasteiger partial charge in [0, 0.05) is 17.8 Å². The minimum Gasteiger partial charge on any atom is -0.331 e. The molecule has 1 heterocycles. The fraction of sp³-hybridized carbons (Fsp3) is 0.412. The number of carbonyl (C=O) groups is 2. The summed E-state index contributed by atoms with van der Waals surface area (Å²) in [4.78, 5) is 25.7. The van der Waals surface area contributed by atoms with Crippen LogP contribution in [0.5, 0.6) is 0 Å². The van der Waals surface area contributed by atoms with Crippen molar-refractivity contribution in [2.24, 2.45) is 0 Å². The highest BCUT2D eigenvalue weighted by Crippen LogP contribution is 2.23. The van der Waals surface area contributed by atoms with Crippen LogP contribution >= 0.6 is 0 Å². The van der Waals surface area contributed by atoms with Crippen LogP contribution in [-0.4, -0.2) is 29.3 Å². The number of nitrogens with one attached hydrogen (secondary N) is 1. The first-order valence-corrected chi connectivity index (χ1v) is 7.38. The summed E-state index contributed by atoms with van der Waals surface area (Å²) in [5, 5.41) is 2.96. The Bertz CT molecular complexity index is 563. The van der Waals surface area contributed by atoms with E-state index in [0.29, 0.717) is 6.54 Å². The lowest BCUT2D eigenvalue weighted by Gasteiger charge is -2.34. The molecule has 4 heteroatoms. The molecule has 21 heavy (non-hydrogen) atoms. The predicted molar refractivity (Wildman–Crippen MR) is 82.8 cm³/mol. The maximum atomic E-state index is 12.1. The first-order valence-electron chi connectivity index (χ1n) is 7.38. The van der Waals surface area contributed by atoms with Gasteiger partial charge in [-0.05, 0) is 39.2 Å². The van der Waals surface area contributed by atoms with Crippen LogP contribution in [0.4, 0.5) is 4.79 Å². The third-order valence-electron chi connectivity index (χ3n) is 3.95. The topological polar surface area (TPSA) is 49.4 Å². The molecule has 2 rings (SSSR count). The molecule has 0 spiro atoms. The van der Waals surface area contributed by atoms with Crippen molar-refractivity contribution in [3.8, 4) is 0 Å². The third-order valence-corrected chi connectivity index (χ3v) is 3.95. The number of carbonyl (C=O) groups excluding carboxylic acids is 2. The molecule has 4 nitrogen and oxygen atoms in total. The maximum Gasteiger partial charge on any atom is 0.322 e. The van der Waals surface area contributed by atoms with Crippen LogP contribution in [0.1, 0.15) is 32.8 Å². The van der Waals surface area contributed by atoms with Gasteiger partial charge in [0.05, 0.1) is 6.04 Å². The fourth-order valence-corrected chi connectivity index (χ4v) is 2.90. The number of ketones is 1. The van der Waals surface area contributed by atoms with Crippen LogP contribution < -0.4 is 5.32 Å². The van der Waals surface area contributed by atoms with Gasteiger partial charge in [0.1, 0.15) is 0 Å². The lowest BCUT2D eigenvalue weighted by Crippen LogP contribution is -2.51. The summed E-state index contributed by atoms with van der Waals surface area (Å²) >= 11 is 0. The number of urea groups is 1. The number of aryl methyl sites for hydroxylation is 1. The molecule has 0 fully saturated rings. The van der Waals surface area contributed by atoms with Crippen molar-refractivity contribution in [2.75, 3.05) is 6.54 Å². The van der Waals surface area contributed by atoms with E-state index in [-0.39, 0.29) is 17.9 Å². The van der Waals surface area contributed by atoms with Crippen molar-refractivity contribution >= 4 is 11.8 Å². The summed E-state index contributed by atoms with van der Waals surface area (Å²) in [6.07, 6.45) is 1.57. The van der Waals surface area contributed by atoms with Gasteiger partial charge in [0.2, 0.25) is 0 Å². The van der Waals surface area contributed by atoms with E-state index >= 15 is 0 Å². The number of nitrogens with zero attached hydrogens (tertiary/aromatic N) is 1. The molecule has 1 aliphatic rings. The Kier molecular flexibility index (Phi) is 4.78. The number of Topliss-reactive ketones (excluding diaryl/α,β-unsaturated/α-hetero) is 1. The Morgan fingerprint density at radius 2 is 1.95 bits per heavy atom. The van der Waals surface area contributed by atoms with E-state index in [1.165, 1.54) is 5.56 Å². The number of amides is 2. The summed E-state index contributed by atoms with van der Waals surface area (Å²) in [6, 6.07) is 9.80. The lowest BCUT2D eigenvalue weighted by atomic mass is 9.93. The second-order valence-corrected chi connectivity index (χ2v) is 5.33. The minimum atomic E-state index is -0.196. The van der Waals surface area contributed by atoms with Crippen LogP contribution in [0.2, 0.25) is 0 Å². The van der Waals surface area contributed by atoms with Gasteiger partial charge >= 0.3 is 6.03 Å². The highest BCUT2D eigenvalue weighted by atomic mass is 16.2. The van der Waals surface area contributed by atoms with Gasteiger partial charge in [-0.15, -0.1) is 0 Å². The van der Waals surface area contributed by atoms with Crippen molar-refractivity contribution in [1.29, 1.82) is 0 Å². The van der Waals surface area contributed by atoms with Crippen LogP contribution in [-0.2, 0) is 11.2 Å². The van der Waals surface area contributed by atoms with Crippen LogP contribution in [0, 0.1) is 0 Å². The average molecular weight is 286 g/mol. The zero-order valence-corrected chi connectivity index (χ0v) is 12.8. The van der Waals surface area contributed by atoms with E-state index in [1.807, 2.05) is 32.0 Å².